The molecule has 1 N–H and O–H groups in total. The number of likely N-dealkylation sites (tertiary alicyclic amines) is 1. The minimum Gasteiger partial charge on any atom is -0.381 e. The van der Waals surface area contributed by atoms with Crippen molar-refractivity contribution < 1.29 is 9.53 Å². The van der Waals surface area contributed by atoms with E-state index in [1.807, 2.05) is 12.1 Å². The summed E-state index contributed by atoms with van der Waals surface area (Å²) in [5.74, 6) is 0.0954. The third-order valence-electron chi connectivity index (χ3n) is 4.10. The van der Waals surface area contributed by atoms with Gasteiger partial charge in [-0.2, -0.15) is 0 Å². The highest BCUT2D eigenvalue weighted by atomic mass is 16.5. The molecule has 0 aromatic heterocycles. The maximum Gasteiger partial charge on any atom is 0.229 e. The van der Waals surface area contributed by atoms with Gasteiger partial charge < -0.3 is 10.1 Å². The van der Waals surface area contributed by atoms with Crippen LogP contribution in [0.5, 0.6) is 0 Å². The number of ether oxygens (including phenoxy) is 1. The average molecular weight is 274 g/mol. The lowest BCUT2D eigenvalue weighted by Gasteiger charge is -2.15. The van der Waals surface area contributed by atoms with Crippen molar-refractivity contribution in [2.24, 2.45) is 5.92 Å². The van der Waals surface area contributed by atoms with E-state index in [0.717, 1.165) is 18.7 Å². The van der Waals surface area contributed by atoms with Gasteiger partial charge in [0.2, 0.25) is 5.91 Å². The SMILES string of the molecule is O=C(Nc1cccc(CN2CCCC2)c1)C1CCOC1. The van der Waals surface area contributed by atoms with Gasteiger partial charge in [-0.05, 0) is 50.0 Å². The molecule has 4 heteroatoms. The van der Waals surface area contributed by atoms with Crippen molar-refractivity contribution in [1.29, 1.82) is 0 Å². The zero-order valence-corrected chi connectivity index (χ0v) is 11.8. The van der Waals surface area contributed by atoms with Crippen LogP contribution in [0.4, 0.5) is 5.69 Å². The topological polar surface area (TPSA) is 41.6 Å². The Morgan fingerprint density at radius 2 is 2.20 bits per heavy atom. The molecule has 108 valence electrons. The number of nitrogens with zero attached hydrogens (tertiary/aromatic N) is 1. The molecule has 0 bridgehead atoms. The van der Waals surface area contributed by atoms with Crippen LogP contribution < -0.4 is 5.32 Å². The first-order valence-corrected chi connectivity index (χ1v) is 7.51. The highest BCUT2D eigenvalue weighted by Crippen LogP contribution is 2.18. The van der Waals surface area contributed by atoms with Crippen molar-refractivity contribution in [3.8, 4) is 0 Å². The summed E-state index contributed by atoms with van der Waals surface area (Å²) in [4.78, 5) is 14.5. The number of hydrogen-bond acceptors (Lipinski definition) is 3. The number of nitrogens with one attached hydrogen (secondary N) is 1. The molecule has 2 heterocycles. The molecule has 1 aromatic carbocycles. The molecule has 0 spiro atoms. The maximum atomic E-state index is 12.1. The molecule has 3 rings (SSSR count). The van der Waals surface area contributed by atoms with E-state index in [1.165, 1.54) is 31.5 Å². The van der Waals surface area contributed by atoms with E-state index in [-0.39, 0.29) is 11.8 Å². The summed E-state index contributed by atoms with van der Waals surface area (Å²) in [6.45, 7) is 4.62. The van der Waals surface area contributed by atoms with Gasteiger partial charge in [0, 0.05) is 18.8 Å². The Morgan fingerprint density at radius 3 is 2.95 bits per heavy atom. The second-order valence-corrected chi connectivity index (χ2v) is 5.73. The monoisotopic (exact) mass is 274 g/mol. The van der Waals surface area contributed by atoms with Crippen molar-refractivity contribution in [1.82, 2.24) is 4.90 Å². The van der Waals surface area contributed by atoms with Gasteiger partial charge in [0.25, 0.3) is 0 Å². The first-order valence-electron chi connectivity index (χ1n) is 7.51. The van der Waals surface area contributed by atoms with Gasteiger partial charge >= 0.3 is 0 Å². The fourth-order valence-corrected chi connectivity index (χ4v) is 2.93. The Morgan fingerprint density at radius 1 is 1.35 bits per heavy atom. The molecule has 0 radical (unpaired) electrons. The Balaban J connectivity index is 1.59. The highest BCUT2D eigenvalue weighted by Gasteiger charge is 2.23. The van der Waals surface area contributed by atoms with Crippen LogP contribution in [0.25, 0.3) is 0 Å². The van der Waals surface area contributed by atoms with Crippen LogP contribution in [0.2, 0.25) is 0 Å². The normalized spacial score (nSPS) is 23.1. The van der Waals surface area contributed by atoms with E-state index in [1.54, 1.807) is 0 Å². The molecule has 0 saturated carbocycles. The van der Waals surface area contributed by atoms with E-state index in [2.05, 4.69) is 22.3 Å². The second kappa shape index (κ2) is 6.37. The number of carbonyl (C=O) groups excluding carboxylic acids is 1. The zero-order chi connectivity index (χ0) is 13.8. The van der Waals surface area contributed by atoms with Crippen LogP contribution in [0.3, 0.4) is 0 Å². The second-order valence-electron chi connectivity index (χ2n) is 5.73. The van der Waals surface area contributed by atoms with Crippen LogP contribution in [0.1, 0.15) is 24.8 Å². The molecule has 1 atom stereocenters. The standard InChI is InChI=1S/C16H22N2O2/c19-16(14-6-9-20-12-14)17-15-5-3-4-13(10-15)11-18-7-1-2-8-18/h3-5,10,14H,1-2,6-9,11-12H2,(H,17,19). The molecular weight excluding hydrogens is 252 g/mol. The largest absolute Gasteiger partial charge is 0.381 e. The Hall–Kier alpha value is -1.39. The number of hydrogen-bond donors (Lipinski definition) is 1. The summed E-state index contributed by atoms with van der Waals surface area (Å²) in [6, 6.07) is 8.20. The van der Waals surface area contributed by atoms with E-state index >= 15 is 0 Å². The number of amides is 1. The van der Waals surface area contributed by atoms with Crippen molar-refractivity contribution in [2.75, 3.05) is 31.6 Å². The minimum absolute atomic E-state index is 0.0113. The van der Waals surface area contributed by atoms with E-state index in [9.17, 15) is 4.79 Å². The van der Waals surface area contributed by atoms with Gasteiger partial charge in [-0.15, -0.1) is 0 Å². The smallest absolute Gasteiger partial charge is 0.229 e. The summed E-state index contributed by atoms with van der Waals surface area (Å²) in [5.41, 5.74) is 2.17. The third-order valence-corrected chi connectivity index (χ3v) is 4.10. The molecule has 4 nitrogen and oxygen atoms in total. The molecule has 2 saturated heterocycles. The predicted octanol–water partition coefficient (Wildman–Crippen LogP) is 2.26. The minimum atomic E-state index is 0.0113. The maximum absolute atomic E-state index is 12.1. The molecule has 2 aliphatic heterocycles. The van der Waals surface area contributed by atoms with Crippen LogP contribution in [0, 0.1) is 5.92 Å². The highest BCUT2D eigenvalue weighted by molar-refractivity contribution is 5.92. The summed E-state index contributed by atoms with van der Waals surface area (Å²) in [7, 11) is 0. The first kappa shape index (κ1) is 13.6. The summed E-state index contributed by atoms with van der Waals surface area (Å²) in [6.07, 6.45) is 3.44. The van der Waals surface area contributed by atoms with Gasteiger partial charge in [-0.25, -0.2) is 0 Å². The number of anilines is 1. The number of rotatable bonds is 4. The van der Waals surface area contributed by atoms with Gasteiger partial charge in [-0.1, -0.05) is 12.1 Å². The molecule has 20 heavy (non-hydrogen) atoms. The summed E-state index contributed by atoms with van der Waals surface area (Å²) in [5, 5.41) is 3.01. The summed E-state index contributed by atoms with van der Waals surface area (Å²) >= 11 is 0. The Labute approximate surface area is 120 Å². The lowest BCUT2D eigenvalue weighted by atomic mass is 10.1. The van der Waals surface area contributed by atoms with Gasteiger partial charge in [0.15, 0.2) is 0 Å². The molecule has 2 fully saturated rings. The van der Waals surface area contributed by atoms with Gasteiger partial charge in [0.1, 0.15) is 0 Å². The fraction of sp³-hybridized carbons (Fsp3) is 0.562. The van der Waals surface area contributed by atoms with Crippen molar-refractivity contribution in [3.05, 3.63) is 29.8 Å². The lowest BCUT2D eigenvalue weighted by Crippen LogP contribution is -2.23. The Bertz CT molecular complexity index is 463. The van der Waals surface area contributed by atoms with Gasteiger partial charge in [0.05, 0.1) is 12.5 Å². The first-order chi connectivity index (χ1) is 9.81. The van der Waals surface area contributed by atoms with Crippen LogP contribution in [0.15, 0.2) is 24.3 Å². The van der Waals surface area contributed by atoms with Crippen molar-refractivity contribution >= 4 is 11.6 Å². The number of carbonyl (C=O) groups is 1. The number of benzene rings is 1. The zero-order valence-electron chi connectivity index (χ0n) is 11.8. The molecule has 0 aliphatic carbocycles. The lowest BCUT2D eigenvalue weighted by molar-refractivity contribution is -0.119. The van der Waals surface area contributed by atoms with Crippen LogP contribution in [-0.4, -0.2) is 37.1 Å². The van der Waals surface area contributed by atoms with Crippen molar-refractivity contribution in [2.45, 2.75) is 25.8 Å². The van der Waals surface area contributed by atoms with Crippen LogP contribution >= 0.6 is 0 Å². The van der Waals surface area contributed by atoms with Gasteiger partial charge in [-0.3, -0.25) is 9.69 Å². The average Bonchev–Trinajstić information content (AvgIpc) is 3.12. The van der Waals surface area contributed by atoms with Crippen molar-refractivity contribution in [3.63, 3.8) is 0 Å². The van der Waals surface area contributed by atoms with E-state index < -0.39 is 0 Å². The predicted molar refractivity (Wildman–Crippen MR) is 78.5 cm³/mol. The molecular formula is C16H22N2O2. The van der Waals surface area contributed by atoms with Crippen LogP contribution in [-0.2, 0) is 16.1 Å². The van der Waals surface area contributed by atoms with E-state index in [4.69, 9.17) is 4.74 Å². The molecule has 1 unspecified atom stereocenters. The quantitative estimate of drug-likeness (QED) is 0.915. The molecule has 1 aromatic rings. The Kier molecular flexibility index (Phi) is 4.33. The van der Waals surface area contributed by atoms with E-state index in [0.29, 0.717) is 13.2 Å². The summed E-state index contributed by atoms with van der Waals surface area (Å²) < 4.78 is 5.26. The fourth-order valence-electron chi connectivity index (χ4n) is 2.93. The molecule has 2 aliphatic rings. The third kappa shape index (κ3) is 3.38. The molecule has 1 amide bonds.